The molecule has 0 unspecified atom stereocenters. The molecule has 1 amide bonds. The lowest BCUT2D eigenvalue weighted by Crippen LogP contribution is -2.27. The Morgan fingerprint density at radius 1 is 1.24 bits per heavy atom. The van der Waals surface area contributed by atoms with Crippen LogP contribution >= 0.6 is 23.4 Å². The summed E-state index contributed by atoms with van der Waals surface area (Å²) in [5, 5.41) is 0.582. The minimum atomic E-state index is 0.0664. The zero-order valence-corrected chi connectivity index (χ0v) is 13.3. The third-order valence-electron chi connectivity index (χ3n) is 3.00. The Balaban J connectivity index is 1.89. The summed E-state index contributed by atoms with van der Waals surface area (Å²) in [5.41, 5.74) is 7.39. The van der Waals surface area contributed by atoms with E-state index in [0.717, 1.165) is 10.5 Å². The molecule has 0 aliphatic rings. The SMILES string of the molecule is CN(Cc1ccccc1)C(=O)CSc1ccc(N)cc1Cl. The van der Waals surface area contributed by atoms with Crippen molar-refractivity contribution >= 4 is 35.0 Å². The van der Waals surface area contributed by atoms with E-state index in [1.807, 2.05) is 36.4 Å². The molecule has 21 heavy (non-hydrogen) atoms. The fraction of sp³-hybridized carbons (Fsp3) is 0.188. The second-order valence-corrected chi connectivity index (χ2v) is 6.14. The number of anilines is 1. The van der Waals surface area contributed by atoms with Crippen molar-refractivity contribution in [2.24, 2.45) is 0 Å². The van der Waals surface area contributed by atoms with E-state index in [4.69, 9.17) is 17.3 Å². The van der Waals surface area contributed by atoms with Gasteiger partial charge in [-0.25, -0.2) is 0 Å². The number of amides is 1. The Hall–Kier alpha value is -1.65. The number of thioether (sulfide) groups is 1. The Morgan fingerprint density at radius 2 is 1.95 bits per heavy atom. The number of carbonyl (C=O) groups is 1. The van der Waals surface area contributed by atoms with Crippen LogP contribution in [0.4, 0.5) is 5.69 Å². The van der Waals surface area contributed by atoms with Crippen LogP contribution in [0.2, 0.25) is 5.02 Å². The Bertz CT molecular complexity index is 619. The van der Waals surface area contributed by atoms with E-state index in [9.17, 15) is 4.79 Å². The van der Waals surface area contributed by atoms with Gasteiger partial charge < -0.3 is 10.6 Å². The Kier molecular flexibility index (Phi) is 5.53. The lowest BCUT2D eigenvalue weighted by molar-refractivity contribution is -0.127. The molecule has 5 heteroatoms. The highest BCUT2D eigenvalue weighted by atomic mass is 35.5. The van der Waals surface area contributed by atoms with Gasteiger partial charge >= 0.3 is 0 Å². The van der Waals surface area contributed by atoms with Crippen LogP contribution in [0.5, 0.6) is 0 Å². The van der Waals surface area contributed by atoms with Gasteiger partial charge in [-0.2, -0.15) is 0 Å². The molecule has 0 aliphatic heterocycles. The molecule has 2 aromatic rings. The van der Waals surface area contributed by atoms with E-state index in [1.54, 1.807) is 24.1 Å². The lowest BCUT2D eigenvalue weighted by Gasteiger charge is -2.17. The number of nitrogens with zero attached hydrogens (tertiary/aromatic N) is 1. The van der Waals surface area contributed by atoms with Crippen LogP contribution in [0.15, 0.2) is 53.4 Å². The number of rotatable bonds is 5. The summed E-state index contributed by atoms with van der Waals surface area (Å²) in [5.74, 6) is 0.421. The monoisotopic (exact) mass is 320 g/mol. The summed E-state index contributed by atoms with van der Waals surface area (Å²) in [6, 6.07) is 15.2. The van der Waals surface area contributed by atoms with Gasteiger partial charge in [0.05, 0.1) is 10.8 Å². The standard InChI is InChI=1S/C16H17ClN2OS/c1-19(10-12-5-3-2-4-6-12)16(20)11-21-15-8-7-13(18)9-14(15)17/h2-9H,10-11,18H2,1H3. The smallest absolute Gasteiger partial charge is 0.232 e. The third kappa shape index (κ3) is 4.69. The molecule has 110 valence electrons. The summed E-state index contributed by atoms with van der Waals surface area (Å²) in [7, 11) is 1.81. The number of benzene rings is 2. The number of hydrogen-bond donors (Lipinski definition) is 1. The fourth-order valence-corrected chi connectivity index (χ4v) is 3.04. The molecule has 0 atom stereocenters. The maximum atomic E-state index is 12.1. The van der Waals surface area contributed by atoms with Crippen LogP contribution in [0.25, 0.3) is 0 Å². The second-order valence-electron chi connectivity index (χ2n) is 4.71. The summed E-state index contributed by atoms with van der Waals surface area (Å²) < 4.78 is 0. The van der Waals surface area contributed by atoms with Gasteiger partial charge in [0, 0.05) is 24.2 Å². The average molecular weight is 321 g/mol. The number of nitrogen functional groups attached to an aromatic ring is 1. The molecule has 0 bridgehead atoms. The van der Waals surface area contributed by atoms with Gasteiger partial charge in [0.2, 0.25) is 5.91 Å². The molecule has 0 heterocycles. The van der Waals surface area contributed by atoms with Crippen molar-refractivity contribution in [3.63, 3.8) is 0 Å². The Labute approximate surface area is 134 Å². The maximum absolute atomic E-state index is 12.1. The van der Waals surface area contributed by atoms with Crippen LogP contribution in [0, 0.1) is 0 Å². The van der Waals surface area contributed by atoms with Crippen molar-refractivity contribution in [3.05, 3.63) is 59.1 Å². The zero-order chi connectivity index (χ0) is 15.2. The first-order chi connectivity index (χ1) is 10.1. The van der Waals surface area contributed by atoms with Crippen molar-refractivity contribution in [3.8, 4) is 0 Å². The molecule has 2 rings (SSSR count). The molecule has 0 saturated heterocycles. The van der Waals surface area contributed by atoms with E-state index in [-0.39, 0.29) is 5.91 Å². The third-order valence-corrected chi connectivity index (χ3v) is 4.48. The number of nitrogens with two attached hydrogens (primary N) is 1. The lowest BCUT2D eigenvalue weighted by atomic mass is 10.2. The van der Waals surface area contributed by atoms with Crippen LogP contribution in [0.1, 0.15) is 5.56 Å². The van der Waals surface area contributed by atoms with Crippen LogP contribution in [-0.4, -0.2) is 23.6 Å². The maximum Gasteiger partial charge on any atom is 0.232 e. The highest BCUT2D eigenvalue weighted by Crippen LogP contribution is 2.28. The summed E-state index contributed by atoms with van der Waals surface area (Å²) in [6.07, 6.45) is 0. The van der Waals surface area contributed by atoms with Crippen molar-refractivity contribution < 1.29 is 4.79 Å². The first-order valence-electron chi connectivity index (χ1n) is 6.52. The van der Waals surface area contributed by atoms with Crippen LogP contribution < -0.4 is 5.73 Å². The molecule has 0 radical (unpaired) electrons. The molecule has 0 spiro atoms. The molecular formula is C16H17ClN2OS. The van der Waals surface area contributed by atoms with E-state index in [0.29, 0.717) is 23.0 Å². The predicted molar refractivity (Wildman–Crippen MR) is 89.5 cm³/mol. The molecule has 0 fully saturated rings. The predicted octanol–water partition coefficient (Wildman–Crippen LogP) is 3.67. The van der Waals surface area contributed by atoms with Crippen molar-refractivity contribution in [1.29, 1.82) is 0 Å². The van der Waals surface area contributed by atoms with E-state index in [2.05, 4.69) is 0 Å². The largest absolute Gasteiger partial charge is 0.399 e. The molecular weight excluding hydrogens is 304 g/mol. The van der Waals surface area contributed by atoms with Gasteiger partial charge in [0.1, 0.15) is 0 Å². The first kappa shape index (κ1) is 15.7. The number of halogens is 1. The van der Waals surface area contributed by atoms with Crippen molar-refractivity contribution in [2.75, 3.05) is 18.5 Å². The van der Waals surface area contributed by atoms with Crippen molar-refractivity contribution in [1.82, 2.24) is 4.90 Å². The second kappa shape index (κ2) is 7.38. The number of carbonyl (C=O) groups excluding carboxylic acids is 1. The van der Waals surface area contributed by atoms with Gasteiger partial charge in [-0.3, -0.25) is 4.79 Å². The molecule has 2 aromatic carbocycles. The molecule has 3 nitrogen and oxygen atoms in total. The highest BCUT2D eigenvalue weighted by Gasteiger charge is 2.11. The topological polar surface area (TPSA) is 46.3 Å². The average Bonchev–Trinajstić information content (AvgIpc) is 2.47. The first-order valence-corrected chi connectivity index (χ1v) is 7.88. The van der Waals surface area contributed by atoms with Gasteiger partial charge in [-0.1, -0.05) is 41.9 Å². The molecule has 0 aliphatic carbocycles. The summed E-state index contributed by atoms with van der Waals surface area (Å²) in [4.78, 5) is 14.7. The highest BCUT2D eigenvalue weighted by molar-refractivity contribution is 8.00. The van der Waals surface area contributed by atoms with E-state index >= 15 is 0 Å². The van der Waals surface area contributed by atoms with E-state index in [1.165, 1.54) is 11.8 Å². The van der Waals surface area contributed by atoms with Gasteiger partial charge in [-0.15, -0.1) is 11.8 Å². The zero-order valence-electron chi connectivity index (χ0n) is 11.8. The minimum absolute atomic E-state index is 0.0664. The minimum Gasteiger partial charge on any atom is -0.399 e. The van der Waals surface area contributed by atoms with Crippen LogP contribution in [0.3, 0.4) is 0 Å². The number of hydrogen-bond acceptors (Lipinski definition) is 3. The Morgan fingerprint density at radius 3 is 2.62 bits per heavy atom. The molecule has 2 N–H and O–H groups in total. The summed E-state index contributed by atoms with van der Waals surface area (Å²) >= 11 is 7.52. The summed E-state index contributed by atoms with van der Waals surface area (Å²) in [6.45, 7) is 0.607. The quantitative estimate of drug-likeness (QED) is 0.675. The van der Waals surface area contributed by atoms with E-state index < -0.39 is 0 Å². The van der Waals surface area contributed by atoms with Gasteiger partial charge in [0.25, 0.3) is 0 Å². The molecule has 0 saturated carbocycles. The van der Waals surface area contributed by atoms with Crippen molar-refractivity contribution in [2.45, 2.75) is 11.4 Å². The molecule has 0 aromatic heterocycles. The normalized spacial score (nSPS) is 10.4. The van der Waals surface area contributed by atoms with Crippen LogP contribution in [-0.2, 0) is 11.3 Å². The fourth-order valence-electron chi connectivity index (χ4n) is 1.83. The van der Waals surface area contributed by atoms with Gasteiger partial charge in [-0.05, 0) is 23.8 Å². The van der Waals surface area contributed by atoms with Gasteiger partial charge in [0.15, 0.2) is 0 Å².